The van der Waals surface area contributed by atoms with Crippen LogP contribution in [-0.4, -0.2) is 40.1 Å². The average Bonchev–Trinajstić information content (AvgIpc) is 3.24. The van der Waals surface area contributed by atoms with Crippen molar-refractivity contribution in [1.82, 2.24) is 14.5 Å². The fourth-order valence-electron chi connectivity index (χ4n) is 3.75. The van der Waals surface area contributed by atoms with Gasteiger partial charge in [-0.1, -0.05) is 23.6 Å². The first-order valence-corrected chi connectivity index (χ1v) is 9.11. The molecule has 4 rings (SSSR count). The molecule has 134 valence electrons. The van der Waals surface area contributed by atoms with Crippen LogP contribution in [0.15, 0.2) is 24.5 Å². The Labute approximate surface area is 157 Å². The zero-order valence-electron chi connectivity index (χ0n) is 14.9. The van der Waals surface area contributed by atoms with Crippen molar-refractivity contribution < 1.29 is 9.53 Å². The van der Waals surface area contributed by atoms with Crippen molar-refractivity contribution in [3.63, 3.8) is 0 Å². The molecule has 1 amide bonds. The molecule has 2 heterocycles. The highest BCUT2D eigenvalue weighted by Gasteiger charge is 2.32. The molecular formula is C20H20ClN3O2. The van der Waals surface area contributed by atoms with E-state index >= 15 is 0 Å². The van der Waals surface area contributed by atoms with Gasteiger partial charge in [0.05, 0.1) is 28.5 Å². The molecule has 2 aliphatic rings. The van der Waals surface area contributed by atoms with E-state index in [1.165, 1.54) is 0 Å². The van der Waals surface area contributed by atoms with Gasteiger partial charge in [-0.3, -0.25) is 9.36 Å². The van der Waals surface area contributed by atoms with E-state index in [2.05, 4.69) is 16.8 Å². The number of benzene rings is 1. The fourth-order valence-corrected chi connectivity index (χ4v) is 4.00. The molecule has 0 N–H and O–H groups in total. The highest BCUT2D eigenvalue weighted by Crippen LogP contribution is 2.33. The molecule has 0 unspecified atom stereocenters. The predicted octanol–water partition coefficient (Wildman–Crippen LogP) is 3.42. The summed E-state index contributed by atoms with van der Waals surface area (Å²) in [5, 5.41) is 0.442. The lowest BCUT2D eigenvalue weighted by atomic mass is 10.0. The second-order valence-electron chi connectivity index (χ2n) is 6.86. The second kappa shape index (κ2) is 6.46. The average molecular weight is 370 g/mol. The lowest BCUT2D eigenvalue weighted by Gasteiger charge is -2.19. The smallest absolute Gasteiger partial charge is 0.257 e. The first-order valence-electron chi connectivity index (χ1n) is 8.73. The Morgan fingerprint density at radius 1 is 1.31 bits per heavy atom. The summed E-state index contributed by atoms with van der Waals surface area (Å²) >= 11 is 6.31. The highest BCUT2D eigenvalue weighted by molar-refractivity contribution is 6.34. The summed E-state index contributed by atoms with van der Waals surface area (Å²) in [7, 11) is 3.49. The van der Waals surface area contributed by atoms with Gasteiger partial charge in [-0.15, -0.1) is 0 Å². The van der Waals surface area contributed by atoms with Crippen molar-refractivity contribution in [2.24, 2.45) is 0 Å². The van der Waals surface area contributed by atoms with Crippen molar-refractivity contribution in [3.05, 3.63) is 46.5 Å². The summed E-state index contributed by atoms with van der Waals surface area (Å²) in [6.07, 6.45) is 5.88. The maximum atomic E-state index is 12.8. The van der Waals surface area contributed by atoms with Crippen LogP contribution < -0.4 is 0 Å². The SMILES string of the molecule is COC1(C#Cc2ncn3c2CN(C)C(=O)c2c(Cl)cccc2-3)CCCC1. The maximum absolute atomic E-state index is 12.8. The molecule has 6 heteroatoms. The number of aromatic nitrogens is 2. The van der Waals surface area contributed by atoms with Crippen LogP contribution in [0.25, 0.3) is 5.69 Å². The van der Waals surface area contributed by atoms with Crippen molar-refractivity contribution in [1.29, 1.82) is 0 Å². The molecule has 1 aromatic heterocycles. The van der Waals surface area contributed by atoms with Gasteiger partial charge >= 0.3 is 0 Å². The molecule has 1 fully saturated rings. The Bertz CT molecular complexity index is 932. The first-order chi connectivity index (χ1) is 12.5. The number of methoxy groups -OCH3 is 1. The van der Waals surface area contributed by atoms with Gasteiger partial charge in [-0.05, 0) is 43.7 Å². The van der Waals surface area contributed by atoms with Crippen LogP contribution in [-0.2, 0) is 11.3 Å². The molecule has 1 aliphatic heterocycles. The maximum Gasteiger partial charge on any atom is 0.257 e. The Morgan fingerprint density at radius 3 is 2.81 bits per heavy atom. The number of amides is 1. The molecule has 0 atom stereocenters. The molecule has 5 nitrogen and oxygen atoms in total. The van der Waals surface area contributed by atoms with E-state index in [1.807, 2.05) is 16.7 Å². The number of imidazole rings is 1. The van der Waals surface area contributed by atoms with E-state index in [1.54, 1.807) is 31.5 Å². The molecule has 2 aromatic rings. The Morgan fingerprint density at radius 2 is 2.08 bits per heavy atom. The van der Waals surface area contributed by atoms with Crippen LogP contribution in [0.1, 0.15) is 47.4 Å². The van der Waals surface area contributed by atoms with Crippen molar-refractivity contribution in [2.75, 3.05) is 14.2 Å². The van der Waals surface area contributed by atoms with Crippen LogP contribution >= 0.6 is 11.6 Å². The van der Waals surface area contributed by atoms with Crippen LogP contribution in [0.3, 0.4) is 0 Å². The van der Waals surface area contributed by atoms with Crippen LogP contribution in [0, 0.1) is 11.8 Å². The summed E-state index contributed by atoms with van der Waals surface area (Å²) in [6, 6.07) is 5.46. The zero-order valence-corrected chi connectivity index (χ0v) is 15.6. The van der Waals surface area contributed by atoms with Gasteiger partial charge in [-0.2, -0.15) is 0 Å². The number of fused-ring (bicyclic) bond motifs is 3. The van der Waals surface area contributed by atoms with Crippen molar-refractivity contribution in [2.45, 2.75) is 37.8 Å². The second-order valence-corrected chi connectivity index (χ2v) is 7.27. The number of hydrogen-bond acceptors (Lipinski definition) is 3. The number of rotatable bonds is 1. The molecule has 0 spiro atoms. The van der Waals surface area contributed by atoms with Crippen molar-refractivity contribution in [3.8, 4) is 17.5 Å². The Hall–Kier alpha value is -2.29. The Kier molecular flexibility index (Phi) is 4.26. The third-order valence-corrected chi connectivity index (χ3v) is 5.59. The van der Waals surface area contributed by atoms with Gasteiger partial charge < -0.3 is 9.64 Å². The molecule has 1 saturated carbocycles. The number of carbonyl (C=O) groups excluding carboxylic acids is 1. The van der Waals surface area contributed by atoms with Gasteiger partial charge in [0, 0.05) is 14.2 Å². The molecule has 0 radical (unpaired) electrons. The third-order valence-electron chi connectivity index (χ3n) is 5.28. The molecule has 1 aromatic carbocycles. The predicted molar refractivity (Wildman–Crippen MR) is 99.5 cm³/mol. The summed E-state index contributed by atoms with van der Waals surface area (Å²) in [5.41, 5.74) is 2.44. The monoisotopic (exact) mass is 369 g/mol. The lowest BCUT2D eigenvalue weighted by molar-refractivity contribution is 0.0474. The highest BCUT2D eigenvalue weighted by atomic mass is 35.5. The van der Waals surface area contributed by atoms with E-state index in [9.17, 15) is 4.79 Å². The van der Waals surface area contributed by atoms with Crippen LogP contribution in [0.4, 0.5) is 0 Å². The standard InChI is InChI=1S/C20H20ClN3O2/c1-23-12-17-15(8-11-20(26-2)9-3-4-10-20)22-13-24(17)16-7-5-6-14(21)18(16)19(23)25/h5-7,13H,3-4,9-10,12H2,1-2H3. The number of hydrogen-bond donors (Lipinski definition) is 0. The topological polar surface area (TPSA) is 47.4 Å². The molecule has 1 aliphatic carbocycles. The summed E-state index contributed by atoms with van der Waals surface area (Å²) in [5.74, 6) is 6.42. The largest absolute Gasteiger partial charge is 0.366 e. The zero-order chi connectivity index (χ0) is 18.3. The van der Waals surface area contributed by atoms with Gasteiger partial charge in [0.1, 0.15) is 17.6 Å². The molecule has 0 saturated heterocycles. The normalized spacial score (nSPS) is 18.0. The van der Waals surface area contributed by atoms with Gasteiger partial charge in [0.25, 0.3) is 5.91 Å². The minimum Gasteiger partial charge on any atom is -0.366 e. The lowest BCUT2D eigenvalue weighted by Crippen LogP contribution is -2.26. The van der Waals surface area contributed by atoms with Crippen molar-refractivity contribution >= 4 is 17.5 Å². The van der Waals surface area contributed by atoms with E-state index in [4.69, 9.17) is 16.3 Å². The minimum atomic E-state index is -0.371. The van der Waals surface area contributed by atoms with E-state index in [0.717, 1.165) is 37.1 Å². The molecule has 0 bridgehead atoms. The molecule has 26 heavy (non-hydrogen) atoms. The number of halogens is 1. The first kappa shape index (κ1) is 17.1. The van der Waals surface area contributed by atoms with E-state index < -0.39 is 0 Å². The fraction of sp³-hybridized carbons (Fsp3) is 0.400. The molecular weight excluding hydrogens is 350 g/mol. The van der Waals surface area contributed by atoms with Gasteiger partial charge in [0.2, 0.25) is 0 Å². The van der Waals surface area contributed by atoms with Gasteiger partial charge in [-0.25, -0.2) is 4.98 Å². The van der Waals surface area contributed by atoms with Crippen LogP contribution in [0.5, 0.6) is 0 Å². The third kappa shape index (κ3) is 2.70. The number of carbonyl (C=O) groups is 1. The Balaban J connectivity index is 1.82. The van der Waals surface area contributed by atoms with E-state index in [0.29, 0.717) is 22.8 Å². The van der Waals surface area contributed by atoms with Crippen LogP contribution in [0.2, 0.25) is 5.02 Å². The quantitative estimate of drug-likeness (QED) is 0.723. The number of nitrogens with zero attached hydrogens (tertiary/aromatic N) is 3. The summed E-state index contributed by atoms with van der Waals surface area (Å²) < 4.78 is 7.60. The minimum absolute atomic E-state index is 0.0997. The number of ether oxygens (including phenoxy) is 1. The summed E-state index contributed by atoms with van der Waals surface area (Å²) in [6.45, 7) is 0.424. The van der Waals surface area contributed by atoms with E-state index in [-0.39, 0.29) is 11.5 Å². The van der Waals surface area contributed by atoms with Gasteiger partial charge in [0.15, 0.2) is 0 Å². The summed E-state index contributed by atoms with van der Waals surface area (Å²) in [4.78, 5) is 18.9.